The van der Waals surface area contributed by atoms with Gasteiger partial charge in [-0.15, -0.1) is 0 Å². The van der Waals surface area contributed by atoms with Gasteiger partial charge in [-0.05, 0) is 38.1 Å². The van der Waals surface area contributed by atoms with Gasteiger partial charge in [0.05, 0.1) is 11.6 Å². The highest BCUT2D eigenvalue weighted by Crippen LogP contribution is 2.38. The molecule has 3 aromatic rings. The molecule has 0 fully saturated rings. The Balaban J connectivity index is 2.45. The molecule has 2 aromatic carbocycles. The van der Waals surface area contributed by atoms with Gasteiger partial charge in [0.25, 0.3) is 5.91 Å². The zero-order valence-electron chi connectivity index (χ0n) is 15.2. The third kappa shape index (κ3) is 3.29. The average molecular weight is 384 g/mol. The first-order valence-electron chi connectivity index (χ1n) is 8.76. The molecule has 0 N–H and O–H groups in total. The van der Waals surface area contributed by atoms with Crippen LogP contribution in [0.2, 0.25) is 5.02 Å². The van der Waals surface area contributed by atoms with E-state index in [1.165, 1.54) is 6.07 Å². The largest absolute Gasteiger partial charge is 0.338 e. The van der Waals surface area contributed by atoms with Gasteiger partial charge in [0.2, 0.25) is 0 Å². The van der Waals surface area contributed by atoms with E-state index in [2.05, 4.69) is 6.07 Å². The van der Waals surface area contributed by atoms with Crippen molar-refractivity contribution < 1.29 is 9.18 Å². The van der Waals surface area contributed by atoms with Crippen molar-refractivity contribution >= 4 is 28.4 Å². The summed E-state index contributed by atoms with van der Waals surface area (Å²) in [7, 11) is 0. The molecule has 0 saturated carbocycles. The van der Waals surface area contributed by atoms with E-state index < -0.39 is 5.82 Å². The highest BCUT2D eigenvalue weighted by molar-refractivity contribution is 6.31. The first-order valence-corrected chi connectivity index (χ1v) is 9.14. The molecular weight excluding hydrogens is 365 g/mol. The van der Waals surface area contributed by atoms with E-state index in [1.54, 1.807) is 45.9 Å². The minimum atomic E-state index is -0.429. The van der Waals surface area contributed by atoms with E-state index >= 15 is 0 Å². The molecule has 1 amide bonds. The predicted octanol–water partition coefficient (Wildman–Crippen LogP) is 5.11. The van der Waals surface area contributed by atoms with Crippen molar-refractivity contribution in [2.45, 2.75) is 20.4 Å². The topological polar surface area (TPSA) is 49.0 Å². The van der Waals surface area contributed by atoms with Gasteiger partial charge in [-0.1, -0.05) is 29.8 Å². The fourth-order valence-electron chi connectivity index (χ4n) is 3.38. The second-order valence-corrected chi connectivity index (χ2v) is 6.52. The molecule has 3 rings (SSSR count). The number of amides is 1. The molecule has 4 nitrogen and oxygen atoms in total. The summed E-state index contributed by atoms with van der Waals surface area (Å²) in [5, 5.41) is 10.5. The van der Waals surface area contributed by atoms with Gasteiger partial charge in [0, 0.05) is 34.6 Å². The third-order valence-corrected chi connectivity index (χ3v) is 4.89. The lowest BCUT2D eigenvalue weighted by Gasteiger charge is -2.20. The summed E-state index contributed by atoms with van der Waals surface area (Å²) in [5.74, 6) is -0.664. The summed E-state index contributed by atoms with van der Waals surface area (Å²) < 4.78 is 16.3. The van der Waals surface area contributed by atoms with Gasteiger partial charge >= 0.3 is 0 Å². The SMILES string of the molecule is CCN(CC)C(=O)c1c(-c2ccccc2F)c2cc(Cl)ccc2n1CC#N. The number of rotatable bonds is 5. The molecule has 0 radical (unpaired) electrons. The van der Waals surface area contributed by atoms with Crippen molar-refractivity contribution in [1.29, 1.82) is 5.26 Å². The van der Waals surface area contributed by atoms with E-state index in [0.717, 1.165) is 0 Å². The minimum absolute atomic E-state index is 0.0189. The number of aromatic nitrogens is 1. The molecule has 138 valence electrons. The first kappa shape index (κ1) is 18.9. The van der Waals surface area contributed by atoms with Gasteiger partial charge in [0.15, 0.2) is 0 Å². The molecule has 1 aromatic heterocycles. The molecule has 0 aliphatic heterocycles. The fourth-order valence-corrected chi connectivity index (χ4v) is 3.55. The van der Waals surface area contributed by atoms with Gasteiger partial charge in [-0.25, -0.2) is 4.39 Å². The maximum Gasteiger partial charge on any atom is 0.271 e. The zero-order chi connectivity index (χ0) is 19.6. The summed E-state index contributed by atoms with van der Waals surface area (Å²) in [6.07, 6.45) is 0. The van der Waals surface area contributed by atoms with Gasteiger partial charge in [-0.2, -0.15) is 5.26 Å². The number of hydrogen-bond acceptors (Lipinski definition) is 2. The lowest BCUT2D eigenvalue weighted by molar-refractivity contribution is 0.0764. The predicted molar refractivity (Wildman–Crippen MR) is 105 cm³/mol. The van der Waals surface area contributed by atoms with Crippen LogP contribution in [-0.4, -0.2) is 28.5 Å². The van der Waals surface area contributed by atoms with Crippen LogP contribution in [0.3, 0.4) is 0 Å². The average Bonchev–Trinajstić information content (AvgIpc) is 2.96. The number of hydrogen-bond donors (Lipinski definition) is 0. The van der Waals surface area contributed by atoms with E-state index in [0.29, 0.717) is 45.8 Å². The van der Waals surface area contributed by atoms with Crippen molar-refractivity contribution in [2.24, 2.45) is 0 Å². The lowest BCUT2D eigenvalue weighted by Crippen LogP contribution is -2.32. The van der Waals surface area contributed by atoms with Crippen LogP contribution < -0.4 is 0 Å². The second kappa shape index (κ2) is 7.81. The first-order chi connectivity index (χ1) is 13.0. The summed E-state index contributed by atoms with van der Waals surface area (Å²) in [4.78, 5) is 15.0. The molecule has 0 spiro atoms. The number of halogens is 2. The Morgan fingerprint density at radius 1 is 1.22 bits per heavy atom. The summed E-state index contributed by atoms with van der Waals surface area (Å²) in [6, 6.07) is 13.6. The van der Waals surface area contributed by atoms with Gasteiger partial charge in [0.1, 0.15) is 18.1 Å². The Morgan fingerprint density at radius 3 is 2.56 bits per heavy atom. The molecular formula is C21H19ClFN3O. The molecule has 0 aliphatic rings. The third-order valence-electron chi connectivity index (χ3n) is 4.65. The standard InChI is InChI=1S/C21H19ClFN3O/c1-3-25(4-2)21(27)20-19(15-7-5-6-8-17(15)23)16-13-14(22)9-10-18(16)26(20)12-11-24/h5-10,13H,3-4,12H2,1-2H3. The van der Waals surface area contributed by atoms with Crippen LogP contribution in [0.4, 0.5) is 4.39 Å². The van der Waals surface area contributed by atoms with Crippen molar-refractivity contribution in [3.63, 3.8) is 0 Å². The Bertz CT molecular complexity index is 1050. The van der Waals surface area contributed by atoms with Crippen LogP contribution in [0, 0.1) is 17.1 Å². The number of carbonyl (C=O) groups excluding carboxylic acids is 1. The van der Waals surface area contributed by atoms with Crippen molar-refractivity contribution in [3.05, 3.63) is 59.0 Å². The van der Waals surface area contributed by atoms with E-state index in [9.17, 15) is 14.4 Å². The maximum absolute atomic E-state index is 14.7. The summed E-state index contributed by atoms with van der Waals surface area (Å²) in [5.41, 5.74) is 1.77. The Labute approximate surface area is 162 Å². The Kier molecular flexibility index (Phi) is 5.48. The molecule has 0 saturated heterocycles. The van der Waals surface area contributed by atoms with Crippen molar-refractivity contribution in [1.82, 2.24) is 9.47 Å². The maximum atomic E-state index is 14.7. The Hall–Kier alpha value is -2.84. The van der Waals surface area contributed by atoms with Crippen LogP contribution in [0.15, 0.2) is 42.5 Å². The van der Waals surface area contributed by atoms with E-state index in [4.69, 9.17) is 11.6 Å². The fraction of sp³-hybridized carbons (Fsp3) is 0.238. The van der Waals surface area contributed by atoms with E-state index in [1.807, 2.05) is 13.8 Å². The van der Waals surface area contributed by atoms with Crippen LogP contribution in [0.1, 0.15) is 24.3 Å². The van der Waals surface area contributed by atoms with Gasteiger partial charge in [-0.3, -0.25) is 4.79 Å². The minimum Gasteiger partial charge on any atom is -0.338 e. The smallest absolute Gasteiger partial charge is 0.271 e. The van der Waals surface area contributed by atoms with Crippen molar-refractivity contribution in [2.75, 3.05) is 13.1 Å². The lowest BCUT2D eigenvalue weighted by atomic mass is 10.0. The normalized spacial score (nSPS) is 10.8. The highest BCUT2D eigenvalue weighted by Gasteiger charge is 2.27. The van der Waals surface area contributed by atoms with Crippen LogP contribution in [-0.2, 0) is 6.54 Å². The van der Waals surface area contributed by atoms with Crippen LogP contribution in [0.5, 0.6) is 0 Å². The zero-order valence-corrected chi connectivity index (χ0v) is 15.9. The number of nitriles is 1. The number of carbonyl (C=O) groups is 1. The summed E-state index contributed by atoms with van der Waals surface area (Å²) >= 11 is 6.19. The molecule has 0 bridgehead atoms. The number of fused-ring (bicyclic) bond motifs is 1. The summed E-state index contributed by atoms with van der Waals surface area (Å²) in [6.45, 7) is 4.79. The molecule has 1 heterocycles. The highest BCUT2D eigenvalue weighted by atomic mass is 35.5. The second-order valence-electron chi connectivity index (χ2n) is 6.09. The molecule has 6 heteroatoms. The van der Waals surface area contributed by atoms with E-state index in [-0.39, 0.29) is 12.5 Å². The molecule has 0 atom stereocenters. The number of nitrogens with zero attached hydrogens (tertiary/aromatic N) is 3. The molecule has 0 aliphatic carbocycles. The quantitative estimate of drug-likeness (QED) is 0.615. The van der Waals surface area contributed by atoms with Crippen LogP contribution in [0.25, 0.3) is 22.0 Å². The van der Waals surface area contributed by atoms with Crippen molar-refractivity contribution in [3.8, 4) is 17.2 Å². The number of benzene rings is 2. The van der Waals surface area contributed by atoms with Gasteiger partial charge < -0.3 is 9.47 Å². The molecule has 0 unspecified atom stereocenters. The van der Waals surface area contributed by atoms with Crippen LogP contribution >= 0.6 is 11.6 Å². The monoisotopic (exact) mass is 383 g/mol. The molecule has 27 heavy (non-hydrogen) atoms. The Morgan fingerprint density at radius 2 is 1.93 bits per heavy atom.